The molecule has 22 heavy (non-hydrogen) atoms. The van der Waals surface area contributed by atoms with Crippen molar-refractivity contribution in [2.45, 2.75) is 19.6 Å². The fourth-order valence-electron chi connectivity index (χ4n) is 2.07. The van der Waals surface area contributed by atoms with Crippen molar-refractivity contribution in [3.63, 3.8) is 0 Å². The quantitative estimate of drug-likeness (QED) is 0.719. The zero-order valence-electron chi connectivity index (χ0n) is 12.8. The van der Waals surface area contributed by atoms with Crippen molar-refractivity contribution in [3.8, 4) is 5.75 Å². The van der Waals surface area contributed by atoms with E-state index in [1.54, 1.807) is 19.2 Å². The molecule has 0 aliphatic rings. The molecular formula is C18H22FNO2. The SMILES string of the molecule is COCCCNCc1cccc(OCc2ccc(F)cc2)c1. The lowest BCUT2D eigenvalue weighted by Gasteiger charge is -2.09. The van der Waals surface area contributed by atoms with E-state index < -0.39 is 0 Å². The average Bonchev–Trinajstić information content (AvgIpc) is 2.55. The summed E-state index contributed by atoms with van der Waals surface area (Å²) in [6, 6.07) is 14.3. The molecule has 2 rings (SSSR count). The maximum Gasteiger partial charge on any atom is 0.123 e. The third kappa shape index (κ3) is 5.84. The van der Waals surface area contributed by atoms with Crippen LogP contribution in [-0.2, 0) is 17.9 Å². The molecule has 0 amide bonds. The fourth-order valence-corrected chi connectivity index (χ4v) is 2.07. The number of benzene rings is 2. The second-order valence-electron chi connectivity index (χ2n) is 5.09. The summed E-state index contributed by atoms with van der Waals surface area (Å²) in [5.74, 6) is 0.589. The van der Waals surface area contributed by atoms with Crippen LogP contribution >= 0.6 is 0 Å². The van der Waals surface area contributed by atoms with Crippen LogP contribution in [0.4, 0.5) is 4.39 Å². The number of rotatable bonds is 9. The van der Waals surface area contributed by atoms with Gasteiger partial charge in [0.15, 0.2) is 0 Å². The molecular weight excluding hydrogens is 281 g/mol. The van der Waals surface area contributed by atoms with E-state index in [0.717, 1.165) is 37.4 Å². The molecule has 0 radical (unpaired) electrons. The summed E-state index contributed by atoms with van der Waals surface area (Å²) in [6.45, 7) is 2.94. The van der Waals surface area contributed by atoms with Crippen LogP contribution in [0, 0.1) is 5.82 Å². The third-order valence-electron chi connectivity index (χ3n) is 3.25. The van der Waals surface area contributed by atoms with E-state index in [2.05, 4.69) is 11.4 Å². The lowest BCUT2D eigenvalue weighted by molar-refractivity contribution is 0.194. The molecule has 0 atom stereocenters. The summed E-state index contributed by atoms with van der Waals surface area (Å²) in [4.78, 5) is 0. The van der Waals surface area contributed by atoms with E-state index in [0.29, 0.717) is 6.61 Å². The fraction of sp³-hybridized carbons (Fsp3) is 0.333. The molecule has 3 nitrogen and oxygen atoms in total. The molecule has 0 heterocycles. The highest BCUT2D eigenvalue weighted by Crippen LogP contribution is 2.15. The van der Waals surface area contributed by atoms with Crippen molar-refractivity contribution >= 4 is 0 Å². The van der Waals surface area contributed by atoms with Gasteiger partial charge in [-0.2, -0.15) is 0 Å². The zero-order chi connectivity index (χ0) is 15.6. The third-order valence-corrected chi connectivity index (χ3v) is 3.25. The van der Waals surface area contributed by atoms with Gasteiger partial charge in [-0.05, 0) is 48.4 Å². The molecule has 1 N–H and O–H groups in total. The van der Waals surface area contributed by atoms with Crippen LogP contribution in [0.2, 0.25) is 0 Å². The molecule has 2 aromatic carbocycles. The largest absolute Gasteiger partial charge is 0.489 e. The van der Waals surface area contributed by atoms with Gasteiger partial charge in [-0.15, -0.1) is 0 Å². The number of hydrogen-bond acceptors (Lipinski definition) is 3. The molecule has 2 aromatic rings. The Bertz CT molecular complexity index is 557. The minimum absolute atomic E-state index is 0.231. The van der Waals surface area contributed by atoms with Gasteiger partial charge in [-0.3, -0.25) is 0 Å². The predicted octanol–water partition coefficient (Wildman–Crippen LogP) is 3.53. The first-order valence-corrected chi connectivity index (χ1v) is 7.44. The second kappa shape index (κ2) is 9.18. The van der Waals surface area contributed by atoms with E-state index in [1.165, 1.54) is 17.7 Å². The van der Waals surface area contributed by atoms with Crippen LogP contribution in [0.5, 0.6) is 5.75 Å². The van der Waals surface area contributed by atoms with E-state index in [-0.39, 0.29) is 5.82 Å². The van der Waals surface area contributed by atoms with Crippen molar-refractivity contribution in [2.75, 3.05) is 20.3 Å². The molecule has 4 heteroatoms. The van der Waals surface area contributed by atoms with E-state index in [4.69, 9.17) is 9.47 Å². The van der Waals surface area contributed by atoms with E-state index in [9.17, 15) is 4.39 Å². The minimum Gasteiger partial charge on any atom is -0.489 e. The van der Waals surface area contributed by atoms with Crippen LogP contribution in [-0.4, -0.2) is 20.3 Å². The Balaban J connectivity index is 1.79. The monoisotopic (exact) mass is 303 g/mol. The Morgan fingerprint density at radius 2 is 1.86 bits per heavy atom. The minimum atomic E-state index is -0.231. The maximum absolute atomic E-state index is 12.8. The van der Waals surface area contributed by atoms with Gasteiger partial charge in [0.05, 0.1) is 0 Å². The van der Waals surface area contributed by atoms with Gasteiger partial charge in [0.1, 0.15) is 18.2 Å². The summed E-state index contributed by atoms with van der Waals surface area (Å²) >= 11 is 0. The number of hydrogen-bond donors (Lipinski definition) is 1. The van der Waals surface area contributed by atoms with Gasteiger partial charge in [-0.1, -0.05) is 24.3 Å². The average molecular weight is 303 g/mol. The summed E-state index contributed by atoms with van der Waals surface area (Å²) in [5.41, 5.74) is 2.12. The Morgan fingerprint density at radius 3 is 2.64 bits per heavy atom. The number of methoxy groups -OCH3 is 1. The molecule has 0 spiro atoms. The maximum atomic E-state index is 12.8. The summed E-state index contributed by atoms with van der Waals surface area (Å²) in [6.07, 6.45) is 0.997. The first-order chi connectivity index (χ1) is 10.8. The Morgan fingerprint density at radius 1 is 1.05 bits per heavy atom. The van der Waals surface area contributed by atoms with Gasteiger partial charge in [0.25, 0.3) is 0 Å². The van der Waals surface area contributed by atoms with Crippen LogP contribution in [0.15, 0.2) is 48.5 Å². The van der Waals surface area contributed by atoms with E-state index >= 15 is 0 Å². The van der Waals surface area contributed by atoms with Crippen LogP contribution in [0.3, 0.4) is 0 Å². The van der Waals surface area contributed by atoms with Crippen molar-refractivity contribution < 1.29 is 13.9 Å². The lowest BCUT2D eigenvalue weighted by atomic mass is 10.2. The number of ether oxygens (including phenoxy) is 2. The normalized spacial score (nSPS) is 10.6. The summed E-state index contributed by atoms with van der Waals surface area (Å²) in [5, 5.41) is 3.37. The standard InChI is InChI=1S/C18H22FNO2/c1-21-11-3-10-20-13-16-4-2-5-18(12-16)22-14-15-6-8-17(19)9-7-15/h2,4-9,12,20H,3,10-11,13-14H2,1H3. The summed E-state index contributed by atoms with van der Waals surface area (Å²) in [7, 11) is 1.71. The molecule has 0 unspecified atom stereocenters. The highest BCUT2D eigenvalue weighted by atomic mass is 19.1. The van der Waals surface area contributed by atoms with Gasteiger partial charge in [0, 0.05) is 20.3 Å². The topological polar surface area (TPSA) is 30.5 Å². The first-order valence-electron chi connectivity index (χ1n) is 7.44. The van der Waals surface area contributed by atoms with Crippen molar-refractivity contribution in [3.05, 3.63) is 65.5 Å². The van der Waals surface area contributed by atoms with Crippen LogP contribution in [0.25, 0.3) is 0 Å². The van der Waals surface area contributed by atoms with Crippen molar-refractivity contribution in [1.29, 1.82) is 0 Å². The molecule has 0 aliphatic heterocycles. The number of nitrogens with one attached hydrogen (secondary N) is 1. The van der Waals surface area contributed by atoms with Crippen molar-refractivity contribution in [2.24, 2.45) is 0 Å². The molecule has 0 saturated heterocycles. The Hall–Kier alpha value is -1.91. The molecule has 0 fully saturated rings. The summed E-state index contributed by atoms with van der Waals surface area (Å²) < 4.78 is 23.6. The Kier molecular flexibility index (Phi) is 6.87. The van der Waals surface area contributed by atoms with Crippen molar-refractivity contribution in [1.82, 2.24) is 5.32 Å². The highest BCUT2D eigenvalue weighted by Gasteiger charge is 1.99. The molecule has 0 bridgehead atoms. The molecule has 118 valence electrons. The zero-order valence-corrected chi connectivity index (χ0v) is 12.8. The molecule has 0 saturated carbocycles. The first kappa shape index (κ1) is 16.5. The van der Waals surface area contributed by atoms with Crippen LogP contribution < -0.4 is 10.1 Å². The second-order valence-corrected chi connectivity index (χ2v) is 5.09. The Labute approximate surface area is 131 Å². The predicted molar refractivity (Wildman–Crippen MR) is 85.4 cm³/mol. The number of halogens is 1. The molecule has 0 aromatic heterocycles. The van der Waals surface area contributed by atoms with Gasteiger partial charge < -0.3 is 14.8 Å². The smallest absolute Gasteiger partial charge is 0.123 e. The van der Waals surface area contributed by atoms with E-state index in [1.807, 2.05) is 18.2 Å². The lowest BCUT2D eigenvalue weighted by Crippen LogP contribution is -2.16. The van der Waals surface area contributed by atoms with Gasteiger partial charge >= 0.3 is 0 Å². The van der Waals surface area contributed by atoms with Crippen LogP contribution in [0.1, 0.15) is 17.5 Å². The molecule has 0 aliphatic carbocycles. The van der Waals surface area contributed by atoms with Gasteiger partial charge in [0.2, 0.25) is 0 Å². The van der Waals surface area contributed by atoms with Gasteiger partial charge in [-0.25, -0.2) is 4.39 Å². The highest BCUT2D eigenvalue weighted by molar-refractivity contribution is 5.29.